The Morgan fingerprint density at radius 2 is 2.03 bits per heavy atom. The first-order valence-corrected chi connectivity index (χ1v) is 11.1. The summed E-state index contributed by atoms with van der Waals surface area (Å²) in [5, 5.41) is 13.0. The van der Waals surface area contributed by atoms with E-state index in [1.54, 1.807) is 0 Å². The van der Waals surface area contributed by atoms with Crippen molar-refractivity contribution in [1.82, 2.24) is 10.3 Å². The highest BCUT2D eigenvalue weighted by atomic mass is 16.7. The van der Waals surface area contributed by atoms with Crippen LogP contribution in [0.15, 0.2) is 23.4 Å². The molecule has 0 saturated carbocycles. The minimum absolute atomic E-state index is 0.0806. The van der Waals surface area contributed by atoms with Gasteiger partial charge < -0.3 is 24.6 Å². The summed E-state index contributed by atoms with van der Waals surface area (Å²) >= 11 is 0. The number of carbonyl (C=O) groups excluding carboxylic acids is 1. The molecule has 0 bridgehead atoms. The molecule has 1 aromatic heterocycles. The summed E-state index contributed by atoms with van der Waals surface area (Å²) in [6, 6.07) is 1.17. The van der Waals surface area contributed by atoms with Gasteiger partial charge in [0.1, 0.15) is 0 Å². The summed E-state index contributed by atoms with van der Waals surface area (Å²) in [4.78, 5) is 16.5. The monoisotopic (exact) mass is 432 g/mol. The van der Waals surface area contributed by atoms with Crippen molar-refractivity contribution < 1.29 is 24.1 Å². The number of aromatic hydroxyl groups is 1. The van der Waals surface area contributed by atoms with Gasteiger partial charge in [0.25, 0.3) is 5.91 Å². The zero-order chi connectivity index (χ0) is 22.8. The molecule has 1 aliphatic heterocycles. The van der Waals surface area contributed by atoms with Gasteiger partial charge in [0, 0.05) is 18.2 Å². The lowest BCUT2D eigenvalue weighted by Crippen LogP contribution is -2.54. The van der Waals surface area contributed by atoms with Gasteiger partial charge in [-0.3, -0.25) is 4.79 Å². The van der Waals surface area contributed by atoms with E-state index in [0.29, 0.717) is 13.2 Å². The Morgan fingerprint density at radius 3 is 2.65 bits per heavy atom. The first-order valence-electron chi connectivity index (χ1n) is 11.1. The first kappa shape index (κ1) is 23.5. The molecule has 1 amide bonds. The number of hydrogen-bond donors (Lipinski definition) is 2. The van der Waals surface area contributed by atoms with E-state index in [1.165, 1.54) is 49.8 Å². The van der Waals surface area contributed by atoms with E-state index in [9.17, 15) is 9.90 Å². The van der Waals surface area contributed by atoms with Crippen molar-refractivity contribution >= 4 is 5.91 Å². The van der Waals surface area contributed by atoms with Gasteiger partial charge in [-0.05, 0) is 44.9 Å². The highest BCUT2D eigenvalue weighted by molar-refractivity contribution is 5.95. The van der Waals surface area contributed by atoms with Crippen molar-refractivity contribution in [2.45, 2.75) is 72.1 Å². The lowest BCUT2D eigenvalue weighted by atomic mass is 9.69. The van der Waals surface area contributed by atoms with E-state index >= 15 is 0 Å². The summed E-state index contributed by atoms with van der Waals surface area (Å²) in [5.74, 6) is -1.10. The van der Waals surface area contributed by atoms with Crippen molar-refractivity contribution in [2.75, 3.05) is 20.3 Å². The third-order valence-electron chi connectivity index (χ3n) is 6.89. The third-order valence-corrected chi connectivity index (χ3v) is 6.89. The number of hydrogen-bond acceptors (Lipinski definition) is 6. The summed E-state index contributed by atoms with van der Waals surface area (Å²) in [5.41, 5.74) is 3.15. The smallest absolute Gasteiger partial charge is 0.274 e. The maximum Gasteiger partial charge on any atom is 0.274 e. The predicted molar refractivity (Wildman–Crippen MR) is 118 cm³/mol. The Balaban J connectivity index is 1.60. The molecule has 2 N–H and O–H groups in total. The molecule has 1 atom stereocenters. The second kappa shape index (κ2) is 9.17. The van der Waals surface area contributed by atoms with Crippen LogP contribution in [-0.4, -0.2) is 48.2 Å². The normalized spacial score (nSPS) is 27.0. The second-order valence-electron chi connectivity index (χ2n) is 9.62. The molecular formula is C24H36N2O5. The summed E-state index contributed by atoms with van der Waals surface area (Å²) in [7, 11) is 1.42. The number of ether oxygens (including phenoxy) is 3. The Bertz CT molecular complexity index is 840. The molecular weight excluding hydrogens is 396 g/mol. The molecule has 1 aromatic rings. The molecule has 2 aliphatic rings. The molecule has 1 aliphatic carbocycles. The minimum atomic E-state index is -0.710. The molecule has 7 heteroatoms. The fourth-order valence-electron chi connectivity index (χ4n) is 4.63. The van der Waals surface area contributed by atoms with Crippen LogP contribution in [0.5, 0.6) is 11.5 Å². The number of amides is 1. The van der Waals surface area contributed by atoms with Gasteiger partial charge in [0.05, 0.1) is 26.4 Å². The number of nitrogens with zero attached hydrogens (tertiary/aromatic N) is 1. The summed E-state index contributed by atoms with van der Waals surface area (Å²) < 4.78 is 17.3. The highest BCUT2D eigenvalue weighted by Gasteiger charge is 2.41. The molecule has 3 rings (SSSR count). The number of allylic oxidation sites excluding steroid dienone is 2. The first-order chi connectivity index (χ1) is 14.6. The number of aromatic nitrogens is 1. The average Bonchev–Trinajstić information content (AvgIpc) is 2.72. The second-order valence-corrected chi connectivity index (χ2v) is 9.62. The lowest BCUT2D eigenvalue weighted by molar-refractivity contribution is -0.286. The van der Waals surface area contributed by atoms with Crippen molar-refractivity contribution in [3.63, 3.8) is 0 Å². The van der Waals surface area contributed by atoms with E-state index in [1.807, 2.05) is 6.92 Å². The SMILES string of the molecule is COc1ccnc(C(=O)NC2COC(C)(C(C)CC3=C(C)CCCC3(C)C)OC2)c1O. The summed E-state index contributed by atoms with van der Waals surface area (Å²) in [6.45, 7) is 11.7. The quantitative estimate of drug-likeness (QED) is 0.655. The Kier molecular flexibility index (Phi) is 6.96. The Morgan fingerprint density at radius 1 is 1.35 bits per heavy atom. The van der Waals surface area contributed by atoms with Crippen LogP contribution in [0.1, 0.15) is 70.8 Å². The van der Waals surface area contributed by atoms with E-state index in [-0.39, 0.29) is 34.6 Å². The van der Waals surface area contributed by atoms with Crippen LogP contribution in [0.3, 0.4) is 0 Å². The van der Waals surface area contributed by atoms with Crippen molar-refractivity contribution in [3.05, 3.63) is 29.1 Å². The van der Waals surface area contributed by atoms with Crippen LogP contribution < -0.4 is 10.1 Å². The standard InChI is InChI=1S/C24H36N2O5/c1-15-8-7-10-23(3,4)18(15)12-16(2)24(5)30-13-17(14-31-24)26-22(28)20-21(27)19(29-6)9-11-25-20/h9,11,16-17,27H,7-8,10,12-14H2,1-6H3,(H,26,28). The Labute approximate surface area is 185 Å². The molecule has 7 nitrogen and oxygen atoms in total. The van der Waals surface area contributed by atoms with Crippen molar-refractivity contribution in [2.24, 2.45) is 11.3 Å². The molecule has 31 heavy (non-hydrogen) atoms. The van der Waals surface area contributed by atoms with Crippen molar-refractivity contribution in [1.29, 1.82) is 0 Å². The fourth-order valence-corrected chi connectivity index (χ4v) is 4.63. The van der Waals surface area contributed by atoms with Gasteiger partial charge in [-0.25, -0.2) is 4.98 Å². The van der Waals surface area contributed by atoms with Gasteiger partial charge >= 0.3 is 0 Å². The molecule has 0 aromatic carbocycles. The van der Waals surface area contributed by atoms with Gasteiger partial charge in [0.15, 0.2) is 23.0 Å². The van der Waals surface area contributed by atoms with Crippen molar-refractivity contribution in [3.8, 4) is 11.5 Å². The maximum atomic E-state index is 12.6. The molecule has 1 fully saturated rings. The van der Waals surface area contributed by atoms with Crippen LogP contribution >= 0.6 is 0 Å². The van der Waals surface area contributed by atoms with Gasteiger partial charge in [0.2, 0.25) is 0 Å². The zero-order valence-corrected chi connectivity index (χ0v) is 19.6. The topological polar surface area (TPSA) is 89.9 Å². The Hall–Kier alpha value is -2.12. The largest absolute Gasteiger partial charge is 0.503 e. The highest BCUT2D eigenvalue weighted by Crippen LogP contribution is 2.45. The van der Waals surface area contributed by atoms with Gasteiger partial charge in [-0.2, -0.15) is 0 Å². The number of pyridine rings is 1. The maximum absolute atomic E-state index is 12.6. The van der Waals surface area contributed by atoms with E-state index < -0.39 is 11.7 Å². The third kappa shape index (κ3) is 5.04. The van der Waals surface area contributed by atoms with Crippen LogP contribution in [0.2, 0.25) is 0 Å². The van der Waals surface area contributed by atoms with Crippen LogP contribution in [0.25, 0.3) is 0 Å². The van der Waals surface area contributed by atoms with E-state index in [4.69, 9.17) is 14.2 Å². The molecule has 0 radical (unpaired) electrons. The van der Waals surface area contributed by atoms with Crippen LogP contribution in [-0.2, 0) is 9.47 Å². The van der Waals surface area contributed by atoms with Gasteiger partial charge in [-0.1, -0.05) is 31.9 Å². The minimum Gasteiger partial charge on any atom is -0.503 e. The predicted octanol–water partition coefficient (Wildman–Crippen LogP) is 4.21. The zero-order valence-electron chi connectivity index (χ0n) is 19.6. The summed E-state index contributed by atoms with van der Waals surface area (Å²) in [6.07, 6.45) is 5.99. The molecule has 2 heterocycles. The number of nitrogens with one attached hydrogen (secondary N) is 1. The lowest BCUT2D eigenvalue weighted by Gasteiger charge is -2.44. The number of methoxy groups -OCH3 is 1. The van der Waals surface area contributed by atoms with E-state index in [2.05, 4.69) is 38.0 Å². The van der Waals surface area contributed by atoms with E-state index in [0.717, 1.165) is 6.42 Å². The molecule has 1 saturated heterocycles. The molecule has 0 spiro atoms. The number of carbonyl (C=O) groups is 1. The van der Waals surface area contributed by atoms with Crippen LogP contribution in [0.4, 0.5) is 0 Å². The average molecular weight is 433 g/mol. The number of rotatable bonds is 6. The van der Waals surface area contributed by atoms with Gasteiger partial charge in [-0.15, -0.1) is 0 Å². The van der Waals surface area contributed by atoms with Crippen LogP contribution in [0, 0.1) is 11.3 Å². The molecule has 1 unspecified atom stereocenters. The fraction of sp³-hybridized carbons (Fsp3) is 0.667. The molecule has 172 valence electrons.